The molecule has 0 radical (unpaired) electrons. The van der Waals surface area contributed by atoms with Gasteiger partial charge in [0.25, 0.3) is 0 Å². The Morgan fingerprint density at radius 1 is 1.33 bits per heavy atom. The molecule has 0 spiro atoms. The first-order chi connectivity index (χ1) is 5.72. The topological polar surface area (TPSA) is 0 Å². The first-order valence-corrected chi connectivity index (χ1v) is 5.22. The molecule has 0 bridgehead atoms. The molecule has 0 saturated heterocycles. The van der Waals surface area contributed by atoms with Crippen molar-refractivity contribution < 1.29 is 0 Å². The third-order valence-electron chi connectivity index (χ3n) is 1.54. The van der Waals surface area contributed by atoms with Gasteiger partial charge in [-0.25, -0.2) is 0 Å². The van der Waals surface area contributed by atoms with E-state index in [1.807, 2.05) is 0 Å². The molecule has 1 aromatic rings. The Morgan fingerprint density at radius 2 is 1.92 bits per heavy atom. The molecule has 1 rings (SSSR count). The summed E-state index contributed by atoms with van der Waals surface area (Å²) >= 11 is 6.82. The molecule has 0 aliphatic carbocycles. The van der Waals surface area contributed by atoms with E-state index in [1.54, 1.807) is 11.8 Å². The van der Waals surface area contributed by atoms with Crippen LogP contribution in [0.25, 0.3) is 0 Å². The van der Waals surface area contributed by atoms with Gasteiger partial charge in [0.1, 0.15) is 0 Å². The van der Waals surface area contributed by atoms with Crippen molar-refractivity contribution in [2.45, 2.75) is 25.2 Å². The van der Waals surface area contributed by atoms with Crippen molar-refractivity contribution in [3.63, 3.8) is 0 Å². The second kappa shape index (κ2) is 4.63. The van der Waals surface area contributed by atoms with Crippen LogP contribution in [0.5, 0.6) is 0 Å². The Hall–Kier alpha value is -0.340. The van der Waals surface area contributed by atoms with E-state index < -0.39 is 0 Å². The summed E-state index contributed by atoms with van der Waals surface area (Å²) in [4.78, 5) is 1.24. The first-order valence-electron chi connectivity index (χ1n) is 3.99. The minimum Gasteiger partial charge on any atom is -0.0828 e. The Morgan fingerprint density at radius 3 is 2.42 bits per heavy atom. The van der Waals surface area contributed by atoms with Gasteiger partial charge in [-0.1, -0.05) is 48.6 Å². The molecule has 12 heavy (non-hydrogen) atoms. The van der Waals surface area contributed by atoms with Crippen molar-refractivity contribution in [2.24, 2.45) is 0 Å². The zero-order valence-electron chi connectivity index (χ0n) is 7.33. The van der Waals surface area contributed by atoms with Crippen LogP contribution in [0.4, 0.5) is 0 Å². The molecule has 1 aromatic carbocycles. The van der Waals surface area contributed by atoms with E-state index in [0.717, 1.165) is 10.6 Å². The maximum Gasteiger partial charge on any atom is 0.0524 e. The molecule has 0 aliphatic heterocycles. The SMILES string of the molecule is CCC(=S)Sc1ccc(C)cc1. The number of aryl methyl sites for hydroxylation is 1. The fourth-order valence-corrected chi connectivity index (χ4v) is 1.78. The Bertz CT molecular complexity index is 262. The van der Waals surface area contributed by atoms with E-state index in [4.69, 9.17) is 12.2 Å². The van der Waals surface area contributed by atoms with E-state index in [1.165, 1.54) is 10.5 Å². The van der Waals surface area contributed by atoms with Crippen molar-refractivity contribution in [2.75, 3.05) is 0 Å². The summed E-state index contributed by atoms with van der Waals surface area (Å²) in [5, 5.41) is 0. The number of benzene rings is 1. The highest BCUT2D eigenvalue weighted by Crippen LogP contribution is 2.21. The lowest BCUT2D eigenvalue weighted by molar-refractivity contribution is 1.34. The quantitative estimate of drug-likeness (QED) is 0.521. The third-order valence-corrected chi connectivity index (χ3v) is 3.10. The minimum atomic E-state index is 0.966. The molecule has 0 aromatic heterocycles. The van der Waals surface area contributed by atoms with Gasteiger partial charge in [0, 0.05) is 4.90 Å². The molecule has 0 amide bonds. The van der Waals surface area contributed by atoms with Crippen molar-refractivity contribution in [1.29, 1.82) is 0 Å². The molecular weight excluding hydrogens is 184 g/mol. The normalized spacial score (nSPS) is 9.83. The van der Waals surface area contributed by atoms with Gasteiger partial charge < -0.3 is 0 Å². The largest absolute Gasteiger partial charge is 0.0828 e. The number of hydrogen-bond donors (Lipinski definition) is 0. The number of rotatable bonds is 2. The van der Waals surface area contributed by atoms with E-state index in [-0.39, 0.29) is 0 Å². The van der Waals surface area contributed by atoms with E-state index in [0.29, 0.717) is 0 Å². The van der Waals surface area contributed by atoms with Crippen LogP contribution in [0, 0.1) is 6.92 Å². The van der Waals surface area contributed by atoms with Crippen molar-refractivity contribution in [1.82, 2.24) is 0 Å². The first kappa shape index (κ1) is 9.75. The van der Waals surface area contributed by atoms with Gasteiger partial charge in [-0.2, -0.15) is 0 Å². The summed E-state index contributed by atoms with van der Waals surface area (Å²) in [6.45, 7) is 4.18. The highest BCUT2D eigenvalue weighted by Gasteiger charge is 1.96. The van der Waals surface area contributed by atoms with Gasteiger partial charge in [-0.05, 0) is 25.5 Å². The summed E-state index contributed by atoms with van der Waals surface area (Å²) in [5.74, 6) is 0. The predicted molar refractivity (Wildman–Crippen MR) is 59.9 cm³/mol. The monoisotopic (exact) mass is 196 g/mol. The van der Waals surface area contributed by atoms with Crippen molar-refractivity contribution in [3.8, 4) is 0 Å². The minimum absolute atomic E-state index is 0.966. The molecule has 0 saturated carbocycles. The fourth-order valence-electron chi connectivity index (χ4n) is 0.810. The standard InChI is InChI=1S/C10H12S2/c1-3-10(11)12-9-6-4-8(2)5-7-9/h4-7H,3H2,1-2H3. The highest BCUT2D eigenvalue weighted by molar-refractivity contribution is 8.23. The van der Waals surface area contributed by atoms with E-state index >= 15 is 0 Å². The molecule has 0 N–H and O–H groups in total. The second-order valence-corrected chi connectivity index (χ2v) is 4.56. The molecule has 0 heterocycles. The third kappa shape index (κ3) is 2.95. The predicted octanol–water partition coefficient (Wildman–Crippen LogP) is 3.82. The van der Waals surface area contributed by atoms with Gasteiger partial charge in [0.05, 0.1) is 4.20 Å². The van der Waals surface area contributed by atoms with Gasteiger partial charge in [0.2, 0.25) is 0 Å². The maximum atomic E-state index is 5.13. The summed E-state index contributed by atoms with van der Waals surface area (Å²) in [5.41, 5.74) is 1.29. The number of hydrogen-bond acceptors (Lipinski definition) is 2. The summed E-state index contributed by atoms with van der Waals surface area (Å²) < 4.78 is 1.05. The van der Waals surface area contributed by atoms with Crippen LogP contribution < -0.4 is 0 Å². The molecule has 0 nitrogen and oxygen atoms in total. The molecule has 0 atom stereocenters. The van der Waals surface area contributed by atoms with Crippen LogP contribution in [-0.4, -0.2) is 4.20 Å². The molecule has 0 fully saturated rings. The lowest BCUT2D eigenvalue weighted by Gasteiger charge is -2.00. The molecular formula is C10H12S2. The van der Waals surface area contributed by atoms with Crippen LogP contribution in [0.1, 0.15) is 18.9 Å². The van der Waals surface area contributed by atoms with Crippen molar-refractivity contribution >= 4 is 28.2 Å². The van der Waals surface area contributed by atoms with Gasteiger partial charge in [0.15, 0.2) is 0 Å². The maximum absolute atomic E-state index is 5.13. The Labute approximate surface area is 83.4 Å². The molecule has 64 valence electrons. The zero-order chi connectivity index (χ0) is 8.97. The molecule has 2 heteroatoms. The van der Waals surface area contributed by atoms with Crippen LogP contribution >= 0.6 is 24.0 Å². The summed E-state index contributed by atoms with van der Waals surface area (Å²) in [6, 6.07) is 8.45. The zero-order valence-corrected chi connectivity index (χ0v) is 8.97. The summed E-state index contributed by atoms with van der Waals surface area (Å²) in [6.07, 6.45) is 0.966. The smallest absolute Gasteiger partial charge is 0.0524 e. The summed E-state index contributed by atoms with van der Waals surface area (Å²) in [7, 11) is 0. The number of thiocarbonyl (C=S) groups is 1. The van der Waals surface area contributed by atoms with Crippen LogP contribution in [0.2, 0.25) is 0 Å². The van der Waals surface area contributed by atoms with Crippen molar-refractivity contribution in [3.05, 3.63) is 29.8 Å². The average molecular weight is 196 g/mol. The molecule has 0 aliphatic rings. The van der Waals surface area contributed by atoms with Crippen LogP contribution in [-0.2, 0) is 0 Å². The molecule has 0 unspecified atom stereocenters. The fraction of sp³-hybridized carbons (Fsp3) is 0.300. The van der Waals surface area contributed by atoms with Gasteiger partial charge in [-0.15, -0.1) is 0 Å². The van der Waals surface area contributed by atoms with E-state index in [9.17, 15) is 0 Å². The Balaban J connectivity index is 2.64. The van der Waals surface area contributed by atoms with Crippen LogP contribution in [0.15, 0.2) is 29.2 Å². The average Bonchev–Trinajstić information content (AvgIpc) is 2.09. The second-order valence-electron chi connectivity index (χ2n) is 2.64. The van der Waals surface area contributed by atoms with Crippen LogP contribution in [0.3, 0.4) is 0 Å². The highest BCUT2D eigenvalue weighted by atomic mass is 32.2. The van der Waals surface area contributed by atoms with Gasteiger partial charge >= 0.3 is 0 Å². The van der Waals surface area contributed by atoms with Gasteiger partial charge in [-0.3, -0.25) is 0 Å². The lowest BCUT2D eigenvalue weighted by Crippen LogP contribution is -1.83. The number of thioether (sulfide) groups is 1. The Kier molecular flexibility index (Phi) is 3.76. The van der Waals surface area contributed by atoms with E-state index in [2.05, 4.69) is 38.1 Å². The lowest BCUT2D eigenvalue weighted by atomic mass is 10.2.